The average molecular weight is 495 g/mol. The van der Waals surface area contributed by atoms with Crippen LogP contribution in [0.4, 0.5) is 5.69 Å². The molecule has 8 nitrogen and oxygen atoms in total. The quantitative estimate of drug-likeness (QED) is 0.378. The fourth-order valence-electron chi connectivity index (χ4n) is 3.84. The zero-order valence-electron chi connectivity index (χ0n) is 20.6. The van der Waals surface area contributed by atoms with Gasteiger partial charge in [-0.3, -0.25) is 9.69 Å². The summed E-state index contributed by atoms with van der Waals surface area (Å²) in [6, 6.07) is 13.1. The third-order valence-corrected chi connectivity index (χ3v) is 6.76. The molecule has 0 spiro atoms. The number of methoxy groups -OCH3 is 2. The van der Waals surface area contributed by atoms with E-state index in [1.54, 1.807) is 25.2 Å². The van der Waals surface area contributed by atoms with E-state index >= 15 is 0 Å². The summed E-state index contributed by atoms with van der Waals surface area (Å²) in [5.74, 6) is 2.77. The van der Waals surface area contributed by atoms with Crippen molar-refractivity contribution in [2.45, 2.75) is 45.0 Å². The van der Waals surface area contributed by atoms with E-state index in [2.05, 4.69) is 24.0 Å². The summed E-state index contributed by atoms with van der Waals surface area (Å²) in [5.41, 5.74) is 2.60. The van der Waals surface area contributed by atoms with Gasteiger partial charge in [0.15, 0.2) is 5.69 Å². The number of carbonyl (C=O) groups is 1. The summed E-state index contributed by atoms with van der Waals surface area (Å²) >= 11 is 1.53. The van der Waals surface area contributed by atoms with Crippen LogP contribution in [0.5, 0.6) is 17.4 Å². The lowest BCUT2D eigenvalue weighted by molar-refractivity contribution is -0.120. The molecule has 4 rings (SSSR count). The monoisotopic (exact) mass is 494 g/mol. The molecule has 0 bridgehead atoms. The predicted molar refractivity (Wildman–Crippen MR) is 136 cm³/mol. The molecule has 35 heavy (non-hydrogen) atoms. The summed E-state index contributed by atoms with van der Waals surface area (Å²) in [7, 11) is 3.18. The normalized spacial score (nSPS) is 14.6. The van der Waals surface area contributed by atoms with Crippen molar-refractivity contribution in [1.29, 1.82) is 0 Å². The minimum atomic E-state index is -0.822. The van der Waals surface area contributed by atoms with Crippen LogP contribution in [0, 0.1) is 5.92 Å². The molecular formula is C26H30N4O4S. The van der Waals surface area contributed by atoms with Gasteiger partial charge in [0, 0.05) is 23.8 Å². The molecule has 1 atom stereocenters. The van der Waals surface area contributed by atoms with Crippen molar-refractivity contribution in [1.82, 2.24) is 15.2 Å². The van der Waals surface area contributed by atoms with Gasteiger partial charge >= 0.3 is 0 Å². The second-order valence-electron chi connectivity index (χ2n) is 8.56. The largest absolute Gasteiger partial charge is 0.497 e. The Morgan fingerprint density at radius 1 is 1.14 bits per heavy atom. The summed E-state index contributed by atoms with van der Waals surface area (Å²) < 4.78 is 17.6. The molecule has 0 fully saturated rings. The van der Waals surface area contributed by atoms with Crippen LogP contribution in [0.1, 0.15) is 45.4 Å². The van der Waals surface area contributed by atoms with E-state index in [4.69, 9.17) is 19.2 Å². The third kappa shape index (κ3) is 5.19. The first-order valence-corrected chi connectivity index (χ1v) is 12.6. The second kappa shape index (κ2) is 10.9. The molecule has 184 valence electrons. The fourth-order valence-corrected chi connectivity index (χ4v) is 4.57. The summed E-state index contributed by atoms with van der Waals surface area (Å²) in [6.07, 6.45) is 0.236. The maximum Gasteiger partial charge on any atom is 0.247 e. The lowest BCUT2D eigenvalue weighted by Crippen LogP contribution is -2.37. The van der Waals surface area contributed by atoms with Gasteiger partial charge in [-0.1, -0.05) is 50.7 Å². The molecule has 0 radical (unpaired) electrons. The summed E-state index contributed by atoms with van der Waals surface area (Å²) in [5, 5.41) is 9.36. The smallest absolute Gasteiger partial charge is 0.247 e. The molecule has 1 aliphatic rings. The number of amides is 1. The van der Waals surface area contributed by atoms with Crippen LogP contribution in [0.2, 0.25) is 0 Å². The molecular weight excluding hydrogens is 464 g/mol. The van der Waals surface area contributed by atoms with Gasteiger partial charge in [0.25, 0.3) is 0 Å². The molecule has 3 aromatic rings. The molecule has 1 aliphatic heterocycles. The topological polar surface area (TPSA) is 86.7 Å². The molecule has 1 aromatic heterocycles. The van der Waals surface area contributed by atoms with Crippen molar-refractivity contribution in [2.24, 2.45) is 5.92 Å². The number of benzene rings is 2. The van der Waals surface area contributed by atoms with Gasteiger partial charge in [-0.15, -0.1) is 10.2 Å². The number of nitrogens with zero attached hydrogens (tertiary/aromatic N) is 4. The second-order valence-corrected chi connectivity index (χ2v) is 9.55. The number of rotatable bonds is 8. The van der Waals surface area contributed by atoms with Crippen molar-refractivity contribution in [3.63, 3.8) is 0 Å². The van der Waals surface area contributed by atoms with Crippen molar-refractivity contribution in [3.05, 3.63) is 48.0 Å². The highest BCUT2D eigenvalue weighted by Crippen LogP contribution is 2.45. The Hall–Kier alpha value is -3.33. The number of ether oxygens (including phenoxy) is 3. The molecule has 0 unspecified atom stereocenters. The molecule has 2 aromatic carbocycles. The van der Waals surface area contributed by atoms with E-state index < -0.39 is 6.23 Å². The molecule has 9 heteroatoms. The van der Waals surface area contributed by atoms with Crippen LogP contribution >= 0.6 is 11.8 Å². The van der Waals surface area contributed by atoms with Crippen molar-refractivity contribution >= 4 is 23.4 Å². The van der Waals surface area contributed by atoms with Crippen molar-refractivity contribution in [3.8, 4) is 28.6 Å². The molecule has 0 saturated carbocycles. The highest BCUT2D eigenvalue weighted by Gasteiger charge is 2.37. The first-order chi connectivity index (χ1) is 17.0. The predicted octanol–water partition coefficient (Wildman–Crippen LogP) is 5.53. The van der Waals surface area contributed by atoms with Gasteiger partial charge < -0.3 is 14.2 Å². The first kappa shape index (κ1) is 24.8. The number of thioether (sulfide) groups is 1. The minimum Gasteiger partial charge on any atom is -0.497 e. The van der Waals surface area contributed by atoms with Crippen LogP contribution in [0.3, 0.4) is 0 Å². The van der Waals surface area contributed by atoms with E-state index in [0.717, 1.165) is 11.3 Å². The number of fused-ring (bicyclic) bond motifs is 3. The number of carbonyl (C=O) groups excluding carboxylic acids is 1. The summed E-state index contributed by atoms with van der Waals surface area (Å²) in [6.45, 7) is 6.26. The maximum absolute atomic E-state index is 13.5. The maximum atomic E-state index is 13.5. The van der Waals surface area contributed by atoms with E-state index in [9.17, 15) is 4.79 Å². The Kier molecular flexibility index (Phi) is 7.75. The highest BCUT2D eigenvalue weighted by atomic mass is 32.2. The SMILES string of the molecule is CCCC(=O)N1c2ccccc2-c2nnc(SCC(C)C)nc2O[C@@H]1c1ccc(OC)cc1OC. The fraction of sp³-hybridized carbons (Fsp3) is 0.385. The van der Waals surface area contributed by atoms with E-state index in [-0.39, 0.29) is 5.91 Å². The van der Waals surface area contributed by atoms with Gasteiger partial charge in [0.1, 0.15) is 11.5 Å². The van der Waals surface area contributed by atoms with E-state index in [1.165, 1.54) is 11.8 Å². The van der Waals surface area contributed by atoms with Crippen LogP contribution in [-0.2, 0) is 4.79 Å². The van der Waals surface area contributed by atoms with Gasteiger partial charge in [-0.2, -0.15) is 4.98 Å². The number of hydrogen-bond donors (Lipinski definition) is 0. The molecule has 0 saturated heterocycles. The van der Waals surface area contributed by atoms with Crippen LogP contribution in [0.15, 0.2) is 47.6 Å². The first-order valence-electron chi connectivity index (χ1n) is 11.6. The number of anilines is 1. The molecule has 1 amide bonds. The lowest BCUT2D eigenvalue weighted by Gasteiger charge is -2.31. The van der Waals surface area contributed by atoms with Gasteiger partial charge in [-0.25, -0.2) is 0 Å². The number of para-hydroxylation sites is 1. The molecule has 0 aliphatic carbocycles. The highest BCUT2D eigenvalue weighted by molar-refractivity contribution is 7.99. The Balaban J connectivity index is 1.91. The lowest BCUT2D eigenvalue weighted by atomic mass is 10.1. The van der Waals surface area contributed by atoms with Crippen LogP contribution < -0.4 is 19.1 Å². The summed E-state index contributed by atoms with van der Waals surface area (Å²) in [4.78, 5) is 19.9. The Bertz CT molecular complexity index is 1200. The third-order valence-electron chi connectivity index (χ3n) is 5.50. The Morgan fingerprint density at radius 3 is 2.66 bits per heavy atom. The standard InChI is InChI=1S/C26H30N4O4S/c1-6-9-22(31)30-20-11-8-7-10-18(20)23-24(27-26(29-28-23)35-15-16(2)3)34-25(30)19-13-12-17(32-4)14-21(19)33-5/h7-8,10-14,16,25H,6,9,15H2,1-5H3/t25-/m1/s1. The minimum absolute atomic E-state index is 0.0713. The van der Waals surface area contributed by atoms with Crippen LogP contribution in [-0.4, -0.2) is 41.1 Å². The molecule has 2 heterocycles. The molecule has 0 N–H and O–H groups in total. The van der Waals surface area contributed by atoms with Gasteiger partial charge in [-0.05, 0) is 30.5 Å². The van der Waals surface area contributed by atoms with Crippen molar-refractivity contribution < 1.29 is 19.0 Å². The average Bonchev–Trinajstić information content (AvgIpc) is 3.01. The van der Waals surface area contributed by atoms with Gasteiger partial charge in [0.05, 0.1) is 25.5 Å². The van der Waals surface area contributed by atoms with Gasteiger partial charge in [0.2, 0.25) is 23.2 Å². The Labute approximate surface area is 210 Å². The van der Waals surface area contributed by atoms with E-state index in [0.29, 0.717) is 58.2 Å². The van der Waals surface area contributed by atoms with Crippen molar-refractivity contribution in [2.75, 3.05) is 24.9 Å². The Morgan fingerprint density at radius 2 is 1.94 bits per heavy atom. The van der Waals surface area contributed by atoms with Crippen LogP contribution in [0.25, 0.3) is 11.3 Å². The number of hydrogen-bond acceptors (Lipinski definition) is 8. The zero-order valence-corrected chi connectivity index (χ0v) is 21.5. The zero-order chi connectivity index (χ0) is 24.9. The van der Waals surface area contributed by atoms with E-state index in [1.807, 2.05) is 43.3 Å². The number of aromatic nitrogens is 3.